The van der Waals surface area contributed by atoms with Gasteiger partial charge in [0.25, 0.3) is 0 Å². The van der Waals surface area contributed by atoms with Crippen LogP contribution in [0.2, 0.25) is 10.0 Å². The zero-order chi connectivity index (χ0) is 14.5. The standard InChI is InChI=1S/C14H19Cl2N3O/c1-19-6-2-3-10(9-19)8-17-14(20)18-11-4-5-12(15)13(16)7-11/h4-5,7,10H,2-3,6,8-9H2,1H3,(H2,17,18,20)/t10-/m1/s1. The summed E-state index contributed by atoms with van der Waals surface area (Å²) >= 11 is 11.7. The number of carbonyl (C=O) groups excluding carboxylic acids is 1. The third kappa shape index (κ3) is 4.54. The highest BCUT2D eigenvalue weighted by Crippen LogP contribution is 2.24. The highest BCUT2D eigenvalue weighted by molar-refractivity contribution is 6.42. The molecule has 4 nitrogen and oxygen atoms in total. The molecule has 6 heteroatoms. The number of anilines is 1. The molecule has 0 bridgehead atoms. The van der Waals surface area contributed by atoms with Gasteiger partial charge in [-0.25, -0.2) is 4.79 Å². The number of amides is 2. The maximum Gasteiger partial charge on any atom is 0.319 e. The summed E-state index contributed by atoms with van der Waals surface area (Å²) in [5, 5.41) is 6.56. The van der Waals surface area contributed by atoms with E-state index in [-0.39, 0.29) is 6.03 Å². The number of hydrogen-bond acceptors (Lipinski definition) is 2. The molecule has 1 aliphatic rings. The van der Waals surface area contributed by atoms with E-state index in [1.807, 2.05) is 0 Å². The van der Waals surface area contributed by atoms with Crippen LogP contribution in [0.4, 0.5) is 10.5 Å². The molecule has 1 atom stereocenters. The predicted molar refractivity (Wildman–Crippen MR) is 83.7 cm³/mol. The molecule has 1 heterocycles. The Morgan fingerprint density at radius 2 is 2.20 bits per heavy atom. The number of nitrogens with zero attached hydrogens (tertiary/aromatic N) is 1. The fourth-order valence-corrected chi connectivity index (χ4v) is 2.72. The van der Waals surface area contributed by atoms with Crippen LogP contribution in [0.25, 0.3) is 0 Å². The van der Waals surface area contributed by atoms with Crippen molar-refractivity contribution >= 4 is 34.9 Å². The Morgan fingerprint density at radius 1 is 1.40 bits per heavy atom. The predicted octanol–water partition coefficient (Wildman–Crippen LogP) is 3.46. The summed E-state index contributed by atoms with van der Waals surface area (Å²) in [5.74, 6) is 0.522. The first kappa shape index (κ1) is 15.4. The Labute approximate surface area is 129 Å². The van der Waals surface area contributed by atoms with Gasteiger partial charge in [-0.3, -0.25) is 0 Å². The highest BCUT2D eigenvalue weighted by atomic mass is 35.5. The van der Waals surface area contributed by atoms with Crippen molar-refractivity contribution < 1.29 is 4.79 Å². The van der Waals surface area contributed by atoms with Crippen molar-refractivity contribution in [3.8, 4) is 0 Å². The molecule has 0 aromatic heterocycles. The first-order valence-electron chi connectivity index (χ1n) is 6.73. The molecule has 0 spiro atoms. The molecule has 2 amide bonds. The van der Waals surface area contributed by atoms with Crippen molar-refractivity contribution in [3.05, 3.63) is 28.2 Å². The van der Waals surface area contributed by atoms with Crippen LogP contribution in [-0.2, 0) is 0 Å². The van der Waals surface area contributed by atoms with E-state index in [0.717, 1.165) is 19.5 Å². The molecule has 20 heavy (non-hydrogen) atoms. The van der Waals surface area contributed by atoms with Gasteiger partial charge in [0.05, 0.1) is 10.0 Å². The minimum atomic E-state index is -0.211. The molecule has 0 unspecified atom stereocenters. The molecule has 0 radical (unpaired) electrons. The minimum absolute atomic E-state index is 0.211. The minimum Gasteiger partial charge on any atom is -0.338 e. The number of urea groups is 1. The number of piperidine rings is 1. The van der Waals surface area contributed by atoms with Gasteiger partial charge in [-0.05, 0) is 50.6 Å². The molecule has 110 valence electrons. The molecule has 1 aromatic rings. The summed E-state index contributed by atoms with van der Waals surface area (Å²) in [4.78, 5) is 14.1. The van der Waals surface area contributed by atoms with Crippen LogP contribution in [0.5, 0.6) is 0 Å². The number of rotatable bonds is 3. The second kappa shape index (κ2) is 7.16. The number of hydrogen-bond donors (Lipinski definition) is 2. The van der Waals surface area contributed by atoms with Crippen LogP contribution in [-0.4, -0.2) is 37.6 Å². The lowest BCUT2D eigenvalue weighted by Crippen LogP contribution is -2.40. The average molecular weight is 316 g/mol. The first-order chi connectivity index (χ1) is 9.54. The number of likely N-dealkylation sites (tertiary alicyclic amines) is 1. The van der Waals surface area contributed by atoms with Crippen molar-refractivity contribution in [1.82, 2.24) is 10.2 Å². The Morgan fingerprint density at radius 3 is 2.90 bits per heavy atom. The van der Waals surface area contributed by atoms with Gasteiger partial charge in [-0.15, -0.1) is 0 Å². The maximum absolute atomic E-state index is 11.8. The Balaban J connectivity index is 1.78. The second-order valence-electron chi connectivity index (χ2n) is 5.23. The van der Waals surface area contributed by atoms with Crippen molar-refractivity contribution in [2.45, 2.75) is 12.8 Å². The Kier molecular flexibility index (Phi) is 5.52. The molecule has 2 N–H and O–H groups in total. The van der Waals surface area contributed by atoms with E-state index < -0.39 is 0 Å². The molecule has 2 rings (SSSR count). The average Bonchev–Trinajstić information content (AvgIpc) is 2.41. The van der Waals surface area contributed by atoms with Gasteiger partial charge in [0, 0.05) is 18.8 Å². The number of nitrogens with one attached hydrogen (secondary N) is 2. The fourth-order valence-electron chi connectivity index (χ4n) is 2.43. The van der Waals surface area contributed by atoms with Gasteiger partial charge < -0.3 is 15.5 Å². The molecule has 1 aliphatic heterocycles. The van der Waals surface area contributed by atoms with E-state index in [9.17, 15) is 4.79 Å². The van der Waals surface area contributed by atoms with Crippen LogP contribution < -0.4 is 10.6 Å². The lowest BCUT2D eigenvalue weighted by atomic mass is 9.99. The Bertz CT molecular complexity index is 481. The van der Waals surface area contributed by atoms with Crippen molar-refractivity contribution in [2.75, 3.05) is 32.0 Å². The van der Waals surface area contributed by atoms with Crippen LogP contribution >= 0.6 is 23.2 Å². The number of carbonyl (C=O) groups is 1. The zero-order valence-corrected chi connectivity index (χ0v) is 13.0. The molecular weight excluding hydrogens is 297 g/mol. The van der Waals surface area contributed by atoms with Gasteiger partial charge in [-0.1, -0.05) is 23.2 Å². The number of benzene rings is 1. The highest BCUT2D eigenvalue weighted by Gasteiger charge is 2.17. The van der Waals surface area contributed by atoms with Crippen molar-refractivity contribution in [1.29, 1.82) is 0 Å². The van der Waals surface area contributed by atoms with E-state index in [4.69, 9.17) is 23.2 Å². The zero-order valence-electron chi connectivity index (χ0n) is 11.5. The van der Waals surface area contributed by atoms with Crippen molar-refractivity contribution in [3.63, 3.8) is 0 Å². The monoisotopic (exact) mass is 315 g/mol. The fraction of sp³-hybridized carbons (Fsp3) is 0.500. The summed E-state index contributed by atoms with van der Waals surface area (Å²) in [7, 11) is 2.11. The first-order valence-corrected chi connectivity index (χ1v) is 7.48. The van der Waals surface area contributed by atoms with E-state index >= 15 is 0 Å². The topological polar surface area (TPSA) is 44.4 Å². The molecule has 1 saturated heterocycles. The van der Waals surface area contributed by atoms with Crippen LogP contribution in [0.1, 0.15) is 12.8 Å². The molecule has 0 aliphatic carbocycles. The molecular formula is C14H19Cl2N3O. The van der Waals surface area contributed by atoms with Gasteiger partial charge >= 0.3 is 6.03 Å². The van der Waals surface area contributed by atoms with Gasteiger partial charge in [0.2, 0.25) is 0 Å². The van der Waals surface area contributed by atoms with Crippen LogP contribution in [0.15, 0.2) is 18.2 Å². The lowest BCUT2D eigenvalue weighted by molar-refractivity contribution is 0.204. The third-order valence-corrected chi connectivity index (χ3v) is 4.19. The summed E-state index contributed by atoms with van der Waals surface area (Å²) < 4.78 is 0. The molecule has 1 fully saturated rings. The van der Waals surface area contributed by atoms with Gasteiger partial charge in [-0.2, -0.15) is 0 Å². The quantitative estimate of drug-likeness (QED) is 0.897. The summed E-state index contributed by atoms with van der Waals surface area (Å²) in [6, 6.07) is 4.81. The summed E-state index contributed by atoms with van der Waals surface area (Å²) in [5.41, 5.74) is 0.637. The second-order valence-corrected chi connectivity index (χ2v) is 6.05. The van der Waals surface area contributed by atoms with E-state index in [0.29, 0.717) is 28.2 Å². The van der Waals surface area contributed by atoms with Gasteiger partial charge in [0.1, 0.15) is 0 Å². The van der Waals surface area contributed by atoms with Crippen LogP contribution in [0, 0.1) is 5.92 Å². The van der Waals surface area contributed by atoms with E-state index in [1.165, 1.54) is 6.42 Å². The lowest BCUT2D eigenvalue weighted by Gasteiger charge is -2.29. The Hall–Kier alpha value is -0.970. The third-order valence-electron chi connectivity index (χ3n) is 3.45. The number of halogens is 2. The SMILES string of the molecule is CN1CCC[C@H](CNC(=O)Nc2ccc(Cl)c(Cl)c2)C1. The molecule has 1 aromatic carbocycles. The summed E-state index contributed by atoms with van der Waals surface area (Å²) in [6.07, 6.45) is 2.36. The van der Waals surface area contributed by atoms with Gasteiger partial charge in [0.15, 0.2) is 0 Å². The van der Waals surface area contributed by atoms with Crippen molar-refractivity contribution in [2.24, 2.45) is 5.92 Å². The normalized spacial score (nSPS) is 19.6. The molecule has 0 saturated carbocycles. The summed E-state index contributed by atoms with van der Waals surface area (Å²) in [6.45, 7) is 2.87. The van der Waals surface area contributed by atoms with E-state index in [2.05, 4.69) is 22.6 Å². The van der Waals surface area contributed by atoms with E-state index in [1.54, 1.807) is 18.2 Å². The largest absolute Gasteiger partial charge is 0.338 e. The maximum atomic E-state index is 11.8. The van der Waals surface area contributed by atoms with Crippen LogP contribution in [0.3, 0.4) is 0 Å². The smallest absolute Gasteiger partial charge is 0.319 e.